The van der Waals surface area contributed by atoms with Crippen LogP contribution >= 0.6 is 0 Å². The Balaban J connectivity index is 2.36. The Hall–Kier alpha value is -1.10. The summed E-state index contributed by atoms with van der Waals surface area (Å²) in [5.41, 5.74) is -0.631. The maximum absolute atomic E-state index is 12.0. The zero-order valence-corrected chi connectivity index (χ0v) is 12.9. The molecule has 0 aromatic rings. The van der Waals surface area contributed by atoms with Crippen LogP contribution in [0.3, 0.4) is 0 Å². The first-order valence-corrected chi connectivity index (χ1v) is 7.66. The predicted octanol–water partition coefficient (Wildman–Crippen LogP) is 1.87. The van der Waals surface area contributed by atoms with Gasteiger partial charge in [-0.25, -0.2) is 0 Å². The number of likely N-dealkylation sites (tertiary alicyclic amines) is 1. The first-order chi connectivity index (χ1) is 9.40. The third-order valence-electron chi connectivity index (χ3n) is 4.42. The number of nitrogens with one attached hydrogen (secondary N) is 1. The number of carbonyl (C=O) groups is 2. The number of unbranched alkanes of at least 4 members (excludes halogenated alkanes) is 2. The third-order valence-corrected chi connectivity index (χ3v) is 4.42. The number of aliphatic carboxylic acids is 1. The number of carboxylic acid groups (broad SMARTS) is 1. The molecule has 1 atom stereocenters. The van der Waals surface area contributed by atoms with Crippen molar-refractivity contribution in [1.29, 1.82) is 0 Å². The molecule has 1 rings (SSSR count). The van der Waals surface area contributed by atoms with E-state index in [-0.39, 0.29) is 11.9 Å². The minimum atomic E-state index is -0.728. The lowest BCUT2D eigenvalue weighted by Crippen LogP contribution is -2.51. The van der Waals surface area contributed by atoms with Crippen LogP contribution in [0.15, 0.2) is 0 Å². The van der Waals surface area contributed by atoms with E-state index in [4.69, 9.17) is 0 Å². The van der Waals surface area contributed by atoms with Gasteiger partial charge in [0.2, 0.25) is 5.91 Å². The summed E-state index contributed by atoms with van der Waals surface area (Å²) in [7, 11) is 0. The molecule has 1 aliphatic rings. The highest BCUT2D eigenvalue weighted by Crippen LogP contribution is 2.31. The van der Waals surface area contributed by atoms with E-state index in [1.165, 1.54) is 0 Å². The van der Waals surface area contributed by atoms with E-state index in [0.717, 1.165) is 25.8 Å². The molecule has 20 heavy (non-hydrogen) atoms. The van der Waals surface area contributed by atoms with E-state index in [1.807, 2.05) is 6.92 Å². The Morgan fingerprint density at radius 2 is 1.90 bits per heavy atom. The van der Waals surface area contributed by atoms with Crippen molar-refractivity contribution >= 4 is 11.9 Å². The highest BCUT2D eigenvalue weighted by atomic mass is 16.4. The Morgan fingerprint density at radius 3 is 2.40 bits per heavy atom. The van der Waals surface area contributed by atoms with Gasteiger partial charge in [-0.2, -0.15) is 0 Å². The second-order valence-electron chi connectivity index (χ2n) is 6.08. The van der Waals surface area contributed by atoms with Crippen LogP contribution in [-0.2, 0) is 9.59 Å². The van der Waals surface area contributed by atoms with Crippen LogP contribution in [0.5, 0.6) is 0 Å². The summed E-state index contributed by atoms with van der Waals surface area (Å²) in [5.74, 6) is -0.672. The molecule has 0 aromatic heterocycles. The Labute approximate surface area is 121 Å². The van der Waals surface area contributed by atoms with Crippen molar-refractivity contribution < 1.29 is 14.7 Å². The standard InChI is InChI=1S/C15H28N2O3/c1-4-5-6-9-16-13(18)12(2)17-10-7-15(3,8-11-17)14(19)20/h12H,4-11H2,1-3H3,(H,16,18)(H,19,20). The van der Waals surface area contributed by atoms with Crippen molar-refractivity contribution in [2.24, 2.45) is 5.41 Å². The van der Waals surface area contributed by atoms with Gasteiger partial charge >= 0.3 is 5.97 Å². The van der Waals surface area contributed by atoms with Gasteiger partial charge in [0.1, 0.15) is 0 Å². The van der Waals surface area contributed by atoms with Gasteiger partial charge in [0.15, 0.2) is 0 Å². The molecule has 1 aliphatic heterocycles. The molecule has 0 aliphatic carbocycles. The summed E-state index contributed by atoms with van der Waals surface area (Å²) >= 11 is 0. The fraction of sp³-hybridized carbons (Fsp3) is 0.867. The van der Waals surface area contributed by atoms with Crippen LogP contribution in [0.1, 0.15) is 52.9 Å². The SMILES string of the molecule is CCCCCNC(=O)C(C)N1CCC(C)(C(=O)O)CC1. The average Bonchev–Trinajstić information content (AvgIpc) is 2.43. The van der Waals surface area contributed by atoms with Crippen molar-refractivity contribution in [2.75, 3.05) is 19.6 Å². The third kappa shape index (κ3) is 4.47. The summed E-state index contributed by atoms with van der Waals surface area (Å²) in [5, 5.41) is 12.2. The highest BCUT2D eigenvalue weighted by Gasteiger charge is 2.38. The van der Waals surface area contributed by atoms with Crippen LogP contribution < -0.4 is 5.32 Å². The number of hydrogen-bond donors (Lipinski definition) is 2. The van der Waals surface area contributed by atoms with Gasteiger partial charge in [0, 0.05) is 6.54 Å². The fourth-order valence-corrected chi connectivity index (χ4v) is 2.52. The summed E-state index contributed by atoms with van der Waals surface area (Å²) in [6.07, 6.45) is 4.51. The molecule has 1 saturated heterocycles. The van der Waals surface area contributed by atoms with Crippen LogP contribution in [0, 0.1) is 5.41 Å². The normalized spacial score (nSPS) is 20.4. The number of nitrogens with zero attached hydrogens (tertiary/aromatic N) is 1. The largest absolute Gasteiger partial charge is 0.481 e. The Kier molecular flexibility index (Phi) is 6.46. The molecule has 1 unspecified atom stereocenters. The van der Waals surface area contributed by atoms with Crippen LogP contribution in [-0.4, -0.2) is 47.6 Å². The van der Waals surface area contributed by atoms with E-state index >= 15 is 0 Å². The van der Waals surface area contributed by atoms with Gasteiger partial charge in [-0.3, -0.25) is 14.5 Å². The molecular weight excluding hydrogens is 256 g/mol. The minimum Gasteiger partial charge on any atom is -0.481 e. The minimum absolute atomic E-state index is 0.0556. The van der Waals surface area contributed by atoms with E-state index in [1.54, 1.807) is 6.92 Å². The smallest absolute Gasteiger partial charge is 0.309 e. The summed E-state index contributed by atoms with van der Waals surface area (Å²) in [6.45, 7) is 7.91. The van der Waals surface area contributed by atoms with Crippen molar-refractivity contribution in [2.45, 2.75) is 58.9 Å². The van der Waals surface area contributed by atoms with Crippen molar-refractivity contribution in [3.63, 3.8) is 0 Å². The molecule has 5 heteroatoms. The molecule has 0 saturated carbocycles. The molecule has 1 amide bonds. The van der Waals surface area contributed by atoms with E-state index < -0.39 is 11.4 Å². The molecule has 0 spiro atoms. The van der Waals surface area contributed by atoms with E-state index in [0.29, 0.717) is 25.9 Å². The molecule has 0 radical (unpaired) electrons. The van der Waals surface area contributed by atoms with Gasteiger partial charge in [0.25, 0.3) is 0 Å². The maximum Gasteiger partial charge on any atom is 0.309 e. The number of rotatable bonds is 7. The number of hydrogen-bond acceptors (Lipinski definition) is 3. The van der Waals surface area contributed by atoms with Gasteiger partial charge in [0.05, 0.1) is 11.5 Å². The Bertz CT molecular complexity index is 336. The lowest BCUT2D eigenvalue weighted by molar-refractivity contribution is -0.151. The van der Waals surface area contributed by atoms with Crippen molar-refractivity contribution in [1.82, 2.24) is 10.2 Å². The van der Waals surface area contributed by atoms with Gasteiger partial charge in [-0.1, -0.05) is 19.8 Å². The molecule has 116 valence electrons. The number of carbonyl (C=O) groups excluding carboxylic acids is 1. The topological polar surface area (TPSA) is 69.6 Å². The molecule has 0 aromatic carbocycles. The highest BCUT2D eigenvalue weighted by molar-refractivity contribution is 5.81. The second-order valence-corrected chi connectivity index (χ2v) is 6.08. The predicted molar refractivity (Wildman–Crippen MR) is 78.5 cm³/mol. The van der Waals surface area contributed by atoms with E-state index in [9.17, 15) is 14.7 Å². The average molecular weight is 284 g/mol. The lowest BCUT2D eigenvalue weighted by Gasteiger charge is -2.38. The number of piperidine rings is 1. The monoisotopic (exact) mass is 284 g/mol. The van der Waals surface area contributed by atoms with Crippen LogP contribution in [0.4, 0.5) is 0 Å². The van der Waals surface area contributed by atoms with Gasteiger partial charge < -0.3 is 10.4 Å². The summed E-state index contributed by atoms with van der Waals surface area (Å²) in [4.78, 5) is 25.3. The molecule has 1 heterocycles. The zero-order valence-electron chi connectivity index (χ0n) is 12.9. The Morgan fingerprint density at radius 1 is 1.30 bits per heavy atom. The summed E-state index contributed by atoms with van der Waals surface area (Å²) < 4.78 is 0. The van der Waals surface area contributed by atoms with Crippen LogP contribution in [0.2, 0.25) is 0 Å². The quantitative estimate of drug-likeness (QED) is 0.700. The van der Waals surface area contributed by atoms with Gasteiger partial charge in [-0.05, 0) is 46.2 Å². The van der Waals surface area contributed by atoms with E-state index in [2.05, 4.69) is 17.1 Å². The molecular formula is C15H28N2O3. The van der Waals surface area contributed by atoms with Crippen molar-refractivity contribution in [3.05, 3.63) is 0 Å². The molecule has 5 nitrogen and oxygen atoms in total. The second kappa shape index (κ2) is 7.62. The van der Waals surface area contributed by atoms with Crippen molar-refractivity contribution in [3.8, 4) is 0 Å². The summed E-state index contributed by atoms with van der Waals surface area (Å²) in [6, 6.07) is -0.171. The number of carboxylic acids is 1. The first kappa shape index (κ1) is 17.0. The lowest BCUT2D eigenvalue weighted by atomic mass is 9.80. The van der Waals surface area contributed by atoms with Gasteiger partial charge in [-0.15, -0.1) is 0 Å². The molecule has 0 bridgehead atoms. The van der Waals surface area contributed by atoms with Crippen LogP contribution in [0.25, 0.3) is 0 Å². The molecule has 1 fully saturated rings. The number of amides is 1. The molecule has 2 N–H and O–H groups in total. The maximum atomic E-state index is 12.0. The zero-order chi connectivity index (χ0) is 15.2. The first-order valence-electron chi connectivity index (χ1n) is 7.66. The fourth-order valence-electron chi connectivity index (χ4n) is 2.52.